The summed E-state index contributed by atoms with van der Waals surface area (Å²) >= 11 is 12.0. The standard InChI is InChI=1S/C10H13Cl2NO3S/c1-16-10-6-8(11)7(5-9(10)12)3-4-13-17(2,14)15/h5-6,13H,3-4H2,1-2H3. The van der Waals surface area contributed by atoms with Gasteiger partial charge in [0.25, 0.3) is 0 Å². The smallest absolute Gasteiger partial charge is 0.208 e. The molecular weight excluding hydrogens is 285 g/mol. The minimum atomic E-state index is -3.18. The maximum atomic E-state index is 10.9. The predicted molar refractivity (Wildman–Crippen MR) is 69.6 cm³/mol. The van der Waals surface area contributed by atoms with E-state index in [2.05, 4.69) is 4.72 Å². The van der Waals surface area contributed by atoms with Gasteiger partial charge in [0.05, 0.1) is 18.4 Å². The number of methoxy groups -OCH3 is 1. The predicted octanol–water partition coefficient (Wildman–Crippen LogP) is 2.09. The third-order valence-corrected chi connectivity index (χ3v) is 3.46. The summed E-state index contributed by atoms with van der Waals surface area (Å²) in [5.74, 6) is 0.497. The van der Waals surface area contributed by atoms with Crippen molar-refractivity contribution in [2.24, 2.45) is 0 Å². The number of halogens is 2. The Morgan fingerprint density at radius 3 is 2.47 bits per heavy atom. The van der Waals surface area contributed by atoms with Gasteiger partial charge in [-0.15, -0.1) is 0 Å². The van der Waals surface area contributed by atoms with Crippen molar-refractivity contribution in [1.29, 1.82) is 0 Å². The van der Waals surface area contributed by atoms with Gasteiger partial charge in [0.1, 0.15) is 5.75 Å². The molecule has 0 unspecified atom stereocenters. The van der Waals surface area contributed by atoms with Gasteiger partial charge in [0.15, 0.2) is 0 Å². The van der Waals surface area contributed by atoms with Crippen molar-refractivity contribution in [1.82, 2.24) is 4.72 Å². The fourth-order valence-electron chi connectivity index (χ4n) is 1.29. The van der Waals surface area contributed by atoms with E-state index < -0.39 is 10.0 Å². The molecule has 0 aromatic heterocycles. The van der Waals surface area contributed by atoms with Crippen LogP contribution >= 0.6 is 23.2 Å². The third kappa shape index (κ3) is 4.71. The lowest BCUT2D eigenvalue weighted by atomic mass is 10.1. The van der Waals surface area contributed by atoms with Gasteiger partial charge >= 0.3 is 0 Å². The molecule has 1 N–H and O–H groups in total. The van der Waals surface area contributed by atoms with E-state index in [1.54, 1.807) is 12.1 Å². The van der Waals surface area contributed by atoms with E-state index in [1.165, 1.54) is 7.11 Å². The highest BCUT2D eigenvalue weighted by Gasteiger charge is 2.08. The molecule has 0 bridgehead atoms. The van der Waals surface area contributed by atoms with Crippen LogP contribution in [0.2, 0.25) is 10.0 Å². The van der Waals surface area contributed by atoms with Crippen LogP contribution < -0.4 is 9.46 Å². The van der Waals surface area contributed by atoms with Crippen molar-refractivity contribution >= 4 is 33.2 Å². The number of ether oxygens (including phenoxy) is 1. The summed E-state index contributed by atoms with van der Waals surface area (Å²) in [5, 5.41) is 0.952. The number of rotatable bonds is 5. The van der Waals surface area contributed by atoms with Gasteiger partial charge in [-0.1, -0.05) is 23.2 Å². The summed E-state index contributed by atoms with van der Waals surface area (Å²) in [6.07, 6.45) is 1.57. The highest BCUT2D eigenvalue weighted by Crippen LogP contribution is 2.30. The Morgan fingerprint density at radius 1 is 1.29 bits per heavy atom. The second-order valence-corrected chi connectivity index (χ2v) is 6.14. The van der Waals surface area contributed by atoms with Gasteiger partial charge in [-0.25, -0.2) is 13.1 Å². The lowest BCUT2D eigenvalue weighted by Crippen LogP contribution is -2.24. The largest absolute Gasteiger partial charge is 0.495 e. The van der Waals surface area contributed by atoms with Crippen LogP contribution in [0.5, 0.6) is 5.75 Å². The van der Waals surface area contributed by atoms with Gasteiger partial charge in [-0.05, 0) is 18.1 Å². The molecule has 0 saturated carbocycles. The van der Waals surface area contributed by atoms with Crippen LogP contribution in [0.15, 0.2) is 12.1 Å². The molecule has 0 saturated heterocycles. The van der Waals surface area contributed by atoms with Crippen LogP contribution in [0.3, 0.4) is 0 Å². The quantitative estimate of drug-likeness (QED) is 0.905. The van der Waals surface area contributed by atoms with E-state index in [1.807, 2.05) is 0 Å². The Hall–Kier alpha value is -0.490. The van der Waals surface area contributed by atoms with Crippen LogP contribution in [-0.4, -0.2) is 28.3 Å². The van der Waals surface area contributed by atoms with Crippen LogP contribution in [0.4, 0.5) is 0 Å². The van der Waals surface area contributed by atoms with E-state index in [0.717, 1.165) is 11.8 Å². The second kappa shape index (κ2) is 5.91. The van der Waals surface area contributed by atoms with Crippen LogP contribution in [-0.2, 0) is 16.4 Å². The first-order chi connectivity index (χ1) is 7.83. The summed E-state index contributed by atoms with van der Waals surface area (Å²) < 4.78 is 29.2. The first kappa shape index (κ1) is 14.6. The van der Waals surface area contributed by atoms with Gasteiger partial charge in [-0.2, -0.15) is 0 Å². The zero-order valence-corrected chi connectivity index (χ0v) is 11.8. The van der Waals surface area contributed by atoms with Gasteiger partial charge < -0.3 is 4.74 Å². The fraction of sp³-hybridized carbons (Fsp3) is 0.400. The molecule has 4 nitrogen and oxygen atoms in total. The van der Waals surface area contributed by atoms with Crippen LogP contribution in [0, 0.1) is 0 Å². The molecule has 1 aromatic rings. The highest BCUT2D eigenvalue weighted by molar-refractivity contribution is 7.88. The van der Waals surface area contributed by atoms with Crippen molar-refractivity contribution in [2.45, 2.75) is 6.42 Å². The van der Waals surface area contributed by atoms with Crippen molar-refractivity contribution in [3.8, 4) is 5.75 Å². The molecule has 0 radical (unpaired) electrons. The van der Waals surface area contributed by atoms with Crippen molar-refractivity contribution in [2.75, 3.05) is 19.9 Å². The third-order valence-electron chi connectivity index (χ3n) is 2.08. The van der Waals surface area contributed by atoms with Crippen molar-refractivity contribution < 1.29 is 13.2 Å². The SMILES string of the molecule is COc1cc(Cl)c(CCNS(C)(=O)=O)cc1Cl. The van der Waals surface area contributed by atoms with Crippen LogP contribution in [0.25, 0.3) is 0 Å². The number of nitrogens with one attached hydrogen (secondary N) is 1. The normalized spacial score (nSPS) is 11.5. The molecule has 0 aliphatic heterocycles. The van der Waals surface area contributed by atoms with E-state index in [0.29, 0.717) is 22.2 Å². The first-order valence-electron chi connectivity index (χ1n) is 4.80. The van der Waals surface area contributed by atoms with Crippen LogP contribution in [0.1, 0.15) is 5.56 Å². The Bertz CT molecular complexity index is 503. The summed E-state index contributed by atoms with van der Waals surface area (Å²) in [6.45, 7) is 0.279. The zero-order valence-electron chi connectivity index (χ0n) is 9.46. The molecule has 17 heavy (non-hydrogen) atoms. The number of benzene rings is 1. The summed E-state index contributed by atoms with van der Waals surface area (Å²) in [5.41, 5.74) is 0.772. The average Bonchev–Trinajstić information content (AvgIpc) is 2.20. The minimum Gasteiger partial charge on any atom is -0.495 e. The summed E-state index contributed by atoms with van der Waals surface area (Å²) in [7, 11) is -1.68. The molecule has 1 rings (SSSR count). The monoisotopic (exact) mass is 297 g/mol. The fourth-order valence-corrected chi connectivity index (χ4v) is 2.27. The molecule has 0 aliphatic rings. The van der Waals surface area contributed by atoms with E-state index in [4.69, 9.17) is 27.9 Å². The molecule has 0 heterocycles. The minimum absolute atomic E-state index is 0.279. The Labute approximate surface area is 111 Å². The average molecular weight is 298 g/mol. The van der Waals surface area contributed by atoms with E-state index in [-0.39, 0.29) is 6.54 Å². The van der Waals surface area contributed by atoms with Crippen molar-refractivity contribution in [3.63, 3.8) is 0 Å². The maximum Gasteiger partial charge on any atom is 0.208 e. The molecule has 0 amide bonds. The molecule has 0 aliphatic carbocycles. The first-order valence-corrected chi connectivity index (χ1v) is 7.45. The molecular formula is C10H13Cl2NO3S. The number of hydrogen-bond donors (Lipinski definition) is 1. The Kier molecular flexibility index (Phi) is 5.06. The van der Waals surface area contributed by atoms with Gasteiger partial charge in [-0.3, -0.25) is 0 Å². The van der Waals surface area contributed by atoms with Gasteiger partial charge in [0, 0.05) is 17.6 Å². The van der Waals surface area contributed by atoms with Gasteiger partial charge in [0.2, 0.25) is 10.0 Å². The van der Waals surface area contributed by atoms with Crippen molar-refractivity contribution in [3.05, 3.63) is 27.7 Å². The molecule has 7 heteroatoms. The number of hydrogen-bond acceptors (Lipinski definition) is 3. The van der Waals surface area contributed by atoms with E-state index >= 15 is 0 Å². The molecule has 0 atom stereocenters. The Balaban J connectivity index is 2.75. The maximum absolute atomic E-state index is 10.9. The lowest BCUT2D eigenvalue weighted by molar-refractivity contribution is 0.415. The number of sulfonamides is 1. The zero-order chi connectivity index (χ0) is 13.1. The summed E-state index contributed by atoms with van der Waals surface area (Å²) in [4.78, 5) is 0. The Morgan fingerprint density at radius 2 is 1.94 bits per heavy atom. The topological polar surface area (TPSA) is 55.4 Å². The summed E-state index contributed by atoms with van der Waals surface area (Å²) in [6, 6.07) is 3.28. The van der Waals surface area contributed by atoms with E-state index in [9.17, 15) is 8.42 Å². The molecule has 96 valence electrons. The molecule has 0 spiro atoms. The lowest BCUT2D eigenvalue weighted by Gasteiger charge is -2.09. The molecule has 1 aromatic carbocycles. The molecule has 0 fully saturated rings. The highest BCUT2D eigenvalue weighted by atomic mass is 35.5. The second-order valence-electron chi connectivity index (χ2n) is 3.49.